The lowest BCUT2D eigenvalue weighted by atomic mass is 9.89. The highest BCUT2D eigenvalue weighted by atomic mass is 19.1. The fourth-order valence-electron chi connectivity index (χ4n) is 2.11. The fourth-order valence-corrected chi connectivity index (χ4v) is 2.11. The smallest absolute Gasteiger partial charge is 0.123 e. The number of benzene rings is 2. The van der Waals surface area contributed by atoms with Crippen molar-refractivity contribution in [1.29, 1.82) is 0 Å². The molecule has 0 saturated carbocycles. The molecular formula is C15H17F2N. The predicted octanol–water partition coefficient (Wildman–Crippen LogP) is 4.67. The molecule has 0 aliphatic rings. The Morgan fingerprint density at radius 2 is 1.33 bits per heavy atom. The standard InChI is InChI=1S/C15H14F2.H3N/c1-2-15(11-5-3-7-13(16)9-11)12-6-4-8-14(17)10-12;/h3-10,15H,2H2,1H3;1H3. The van der Waals surface area contributed by atoms with Crippen LogP contribution in [0.4, 0.5) is 8.78 Å². The summed E-state index contributed by atoms with van der Waals surface area (Å²) < 4.78 is 26.4. The van der Waals surface area contributed by atoms with Crippen LogP contribution in [0.5, 0.6) is 0 Å². The molecule has 0 amide bonds. The first-order chi connectivity index (χ1) is 8.20. The summed E-state index contributed by atoms with van der Waals surface area (Å²) in [6.07, 6.45) is 0.812. The molecule has 0 aliphatic heterocycles. The monoisotopic (exact) mass is 249 g/mol. The molecule has 2 aromatic rings. The van der Waals surface area contributed by atoms with Gasteiger partial charge in [-0.25, -0.2) is 8.78 Å². The van der Waals surface area contributed by atoms with Crippen LogP contribution in [0.25, 0.3) is 0 Å². The minimum absolute atomic E-state index is 0. The minimum atomic E-state index is -0.252. The normalized spacial score (nSPS) is 10.2. The molecule has 0 radical (unpaired) electrons. The van der Waals surface area contributed by atoms with Gasteiger partial charge in [-0.1, -0.05) is 31.2 Å². The van der Waals surface area contributed by atoms with E-state index in [1.807, 2.05) is 19.1 Å². The molecule has 3 N–H and O–H groups in total. The van der Waals surface area contributed by atoms with Gasteiger partial charge in [0.25, 0.3) is 0 Å². The van der Waals surface area contributed by atoms with E-state index in [1.165, 1.54) is 24.3 Å². The van der Waals surface area contributed by atoms with E-state index in [9.17, 15) is 8.78 Å². The molecule has 0 atom stereocenters. The van der Waals surface area contributed by atoms with Gasteiger partial charge >= 0.3 is 0 Å². The van der Waals surface area contributed by atoms with Crippen LogP contribution >= 0.6 is 0 Å². The number of halogens is 2. The molecule has 0 aromatic heterocycles. The summed E-state index contributed by atoms with van der Waals surface area (Å²) in [6.45, 7) is 2.01. The molecule has 2 aromatic carbocycles. The van der Waals surface area contributed by atoms with Crippen LogP contribution in [0, 0.1) is 11.6 Å². The number of rotatable bonds is 3. The molecule has 1 nitrogen and oxygen atoms in total. The number of hydrogen-bond acceptors (Lipinski definition) is 1. The molecule has 0 heterocycles. The van der Waals surface area contributed by atoms with Crippen LogP contribution in [0.1, 0.15) is 30.4 Å². The summed E-state index contributed by atoms with van der Waals surface area (Å²) in [5.74, 6) is -0.462. The molecule has 0 saturated heterocycles. The molecule has 0 unspecified atom stereocenters. The molecule has 18 heavy (non-hydrogen) atoms. The highest BCUT2D eigenvalue weighted by Crippen LogP contribution is 2.28. The van der Waals surface area contributed by atoms with Gasteiger partial charge in [-0.05, 0) is 41.8 Å². The highest BCUT2D eigenvalue weighted by Gasteiger charge is 2.13. The Morgan fingerprint density at radius 3 is 1.67 bits per heavy atom. The fraction of sp³-hybridized carbons (Fsp3) is 0.200. The van der Waals surface area contributed by atoms with Crippen molar-refractivity contribution in [3.63, 3.8) is 0 Å². The quantitative estimate of drug-likeness (QED) is 0.842. The van der Waals surface area contributed by atoms with E-state index in [2.05, 4.69) is 0 Å². The summed E-state index contributed by atoms with van der Waals surface area (Å²) in [4.78, 5) is 0. The van der Waals surface area contributed by atoms with E-state index in [1.54, 1.807) is 12.1 Å². The average molecular weight is 249 g/mol. The van der Waals surface area contributed by atoms with Gasteiger partial charge < -0.3 is 6.15 Å². The average Bonchev–Trinajstić information content (AvgIpc) is 2.30. The number of hydrogen-bond donors (Lipinski definition) is 1. The van der Waals surface area contributed by atoms with E-state index in [0.29, 0.717) is 0 Å². The van der Waals surface area contributed by atoms with Gasteiger partial charge in [-0.15, -0.1) is 0 Å². The predicted molar refractivity (Wildman–Crippen MR) is 70.0 cm³/mol. The Kier molecular flexibility index (Phi) is 4.98. The first-order valence-corrected chi connectivity index (χ1v) is 5.71. The van der Waals surface area contributed by atoms with Gasteiger partial charge in [-0.3, -0.25) is 0 Å². The maximum absolute atomic E-state index is 13.2. The van der Waals surface area contributed by atoms with Gasteiger partial charge in [0.1, 0.15) is 11.6 Å². The summed E-state index contributed by atoms with van der Waals surface area (Å²) in [5, 5.41) is 0. The Bertz CT molecular complexity index is 466. The lowest BCUT2D eigenvalue weighted by molar-refractivity contribution is 0.617. The van der Waals surface area contributed by atoms with Crippen molar-refractivity contribution in [3.8, 4) is 0 Å². The SMILES string of the molecule is CCC(c1cccc(F)c1)c1cccc(F)c1.N. The highest BCUT2D eigenvalue weighted by molar-refractivity contribution is 5.32. The van der Waals surface area contributed by atoms with Crippen molar-refractivity contribution in [2.45, 2.75) is 19.3 Å². The summed E-state index contributed by atoms with van der Waals surface area (Å²) in [7, 11) is 0. The maximum Gasteiger partial charge on any atom is 0.123 e. The topological polar surface area (TPSA) is 35.0 Å². The molecule has 0 bridgehead atoms. The summed E-state index contributed by atoms with van der Waals surface area (Å²) in [5.41, 5.74) is 1.77. The summed E-state index contributed by atoms with van der Waals surface area (Å²) >= 11 is 0. The lowest BCUT2D eigenvalue weighted by Crippen LogP contribution is -2.00. The van der Waals surface area contributed by atoms with Crippen molar-refractivity contribution in [3.05, 3.63) is 71.3 Å². The van der Waals surface area contributed by atoms with E-state index in [0.717, 1.165) is 17.5 Å². The van der Waals surface area contributed by atoms with Crippen molar-refractivity contribution in [2.75, 3.05) is 0 Å². The van der Waals surface area contributed by atoms with Crippen LogP contribution < -0.4 is 6.15 Å². The zero-order chi connectivity index (χ0) is 12.3. The van der Waals surface area contributed by atoms with E-state index >= 15 is 0 Å². The van der Waals surface area contributed by atoms with Crippen molar-refractivity contribution < 1.29 is 8.78 Å². The van der Waals surface area contributed by atoms with Gasteiger partial charge in [0.15, 0.2) is 0 Å². The van der Waals surface area contributed by atoms with E-state index < -0.39 is 0 Å². The minimum Gasteiger partial charge on any atom is -0.344 e. The van der Waals surface area contributed by atoms with Crippen LogP contribution in [0.3, 0.4) is 0 Å². The largest absolute Gasteiger partial charge is 0.344 e. The maximum atomic E-state index is 13.2. The van der Waals surface area contributed by atoms with Gasteiger partial charge in [-0.2, -0.15) is 0 Å². The zero-order valence-electron chi connectivity index (χ0n) is 10.4. The Balaban J connectivity index is 0.00000162. The first-order valence-electron chi connectivity index (χ1n) is 5.71. The molecule has 0 fully saturated rings. The summed E-state index contributed by atoms with van der Waals surface area (Å²) in [6, 6.07) is 13.0. The van der Waals surface area contributed by atoms with Gasteiger partial charge in [0, 0.05) is 5.92 Å². The molecule has 0 spiro atoms. The van der Waals surface area contributed by atoms with Gasteiger partial charge in [0.2, 0.25) is 0 Å². The Morgan fingerprint density at radius 1 is 0.889 bits per heavy atom. The molecule has 3 heteroatoms. The third-order valence-electron chi connectivity index (χ3n) is 2.91. The molecule has 2 rings (SSSR count). The van der Waals surface area contributed by atoms with Crippen molar-refractivity contribution >= 4 is 0 Å². The first kappa shape index (κ1) is 14.3. The van der Waals surface area contributed by atoms with E-state index in [4.69, 9.17) is 0 Å². The van der Waals surface area contributed by atoms with Crippen LogP contribution in [0.15, 0.2) is 48.5 Å². The van der Waals surface area contributed by atoms with Gasteiger partial charge in [0.05, 0.1) is 0 Å². The molecule has 96 valence electrons. The third kappa shape index (κ3) is 3.14. The Hall–Kier alpha value is -1.74. The van der Waals surface area contributed by atoms with Crippen molar-refractivity contribution in [2.24, 2.45) is 0 Å². The second-order valence-electron chi connectivity index (χ2n) is 4.07. The van der Waals surface area contributed by atoms with E-state index in [-0.39, 0.29) is 23.7 Å². The Labute approximate surface area is 106 Å². The van der Waals surface area contributed by atoms with Crippen LogP contribution in [-0.4, -0.2) is 0 Å². The van der Waals surface area contributed by atoms with Crippen LogP contribution in [-0.2, 0) is 0 Å². The zero-order valence-corrected chi connectivity index (χ0v) is 10.4. The molecular weight excluding hydrogens is 232 g/mol. The molecule has 0 aliphatic carbocycles. The lowest BCUT2D eigenvalue weighted by Gasteiger charge is -2.16. The second-order valence-corrected chi connectivity index (χ2v) is 4.07. The van der Waals surface area contributed by atoms with Crippen molar-refractivity contribution in [1.82, 2.24) is 6.15 Å². The van der Waals surface area contributed by atoms with Crippen LogP contribution in [0.2, 0.25) is 0 Å². The third-order valence-corrected chi connectivity index (χ3v) is 2.91. The second kappa shape index (κ2) is 6.26.